The monoisotopic (exact) mass is 623 g/mol. The molecular weight excluding hydrogens is 574 g/mol. The molecule has 0 saturated heterocycles. The van der Waals surface area contributed by atoms with Crippen molar-refractivity contribution < 1.29 is 34.6 Å². The molecule has 0 atom stereocenters. The lowest BCUT2D eigenvalue weighted by Gasteiger charge is -2.11. The molecule has 4 nitrogen and oxygen atoms in total. The summed E-state index contributed by atoms with van der Waals surface area (Å²) < 4.78 is 199. The minimum Gasteiger partial charge on any atom is -0.456 e. The average molecular weight is 624 g/mol. The van der Waals surface area contributed by atoms with Crippen molar-refractivity contribution in [3.8, 4) is 56.4 Å². The summed E-state index contributed by atoms with van der Waals surface area (Å²) in [5.41, 5.74) is -4.21. The van der Waals surface area contributed by atoms with E-state index in [2.05, 4.69) is 15.0 Å². The van der Waals surface area contributed by atoms with Crippen molar-refractivity contribution in [3.63, 3.8) is 0 Å². The number of hydrogen-bond acceptors (Lipinski definition) is 4. The minimum atomic E-state index is -0.871. The summed E-state index contributed by atoms with van der Waals surface area (Å²) in [5, 5.41) is -1.79. The molecule has 7 aromatic carbocycles. The summed E-state index contributed by atoms with van der Waals surface area (Å²) in [6, 6.07) is -9.19. The number of furan rings is 1. The zero-order valence-corrected chi connectivity index (χ0v) is 23.6. The molecule has 9 rings (SSSR count). The lowest BCUT2D eigenvalue weighted by atomic mass is 9.97. The first-order valence-corrected chi connectivity index (χ1v) is 13.9. The largest absolute Gasteiger partial charge is 0.456 e. The molecule has 0 fully saturated rings. The van der Waals surface area contributed by atoms with E-state index in [-0.39, 0.29) is 22.2 Å². The summed E-state index contributed by atoms with van der Waals surface area (Å²) in [6.07, 6.45) is 0. The van der Waals surface area contributed by atoms with Gasteiger partial charge in [-0.05, 0) is 63.2 Å². The molecule has 9 aromatic rings. The summed E-state index contributed by atoms with van der Waals surface area (Å²) >= 11 is 0. The smallest absolute Gasteiger partial charge is 0.164 e. The molecule has 0 bridgehead atoms. The van der Waals surface area contributed by atoms with Crippen LogP contribution < -0.4 is 0 Å². The van der Waals surface area contributed by atoms with E-state index in [0.717, 1.165) is 0 Å². The number of para-hydroxylation sites is 1. The third-order valence-corrected chi connectivity index (χ3v) is 7.06. The highest BCUT2D eigenvalue weighted by Gasteiger charge is 2.16. The van der Waals surface area contributed by atoms with Crippen molar-refractivity contribution >= 4 is 32.7 Å². The predicted octanol–water partition coefficient (Wildman–Crippen LogP) is 11.3. The van der Waals surface area contributed by atoms with Gasteiger partial charge in [0.05, 0.1) is 30.2 Å². The van der Waals surface area contributed by atoms with Gasteiger partial charge in [-0.1, -0.05) is 133 Å². The van der Waals surface area contributed by atoms with Crippen LogP contribution in [0.3, 0.4) is 0 Å². The quantitative estimate of drug-likeness (QED) is 0.191. The van der Waals surface area contributed by atoms with Crippen LogP contribution in [0.15, 0.2) is 168 Å². The van der Waals surface area contributed by atoms with E-state index < -0.39 is 200 Å². The molecule has 2 aromatic heterocycles. The number of fused-ring (bicyclic) bond motifs is 4. The van der Waals surface area contributed by atoms with Gasteiger partial charge in [0.15, 0.2) is 17.5 Å². The molecular formula is C43H27N3O. The van der Waals surface area contributed by atoms with E-state index in [9.17, 15) is 4.11 Å². The second-order valence-corrected chi connectivity index (χ2v) is 9.93. The molecule has 0 unspecified atom stereocenters. The van der Waals surface area contributed by atoms with Gasteiger partial charge in [-0.25, -0.2) is 15.0 Å². The van der Waals surface area contributed by atoms with Crippen LogP contribution in [0.5, 0.6) is 0 Å². The summed E-state index contributed by atoms with van der Waals surface area (Å²) in [7, 11) is 0. The lowest BCUT2D eigenvalue weighted by Crippen LogP contribution is -2.00. The molecule has 4 heteroatoms. The molecule has 0 aliphatic rings. The summed E-state index contributed by atoms with van der Waals surface area (Å²) in [6.45, 7) is 0. The van der Waals surface area contributed by atoms with Crippen LogP contribution in [-0.2, 0) is 0 Å². The second kappa shape index (κ2) is 11.2. The van der Waals surface area contributed by atoms with Crippen LogP contribution in [0.25, 0.3) is 89.1 Å². The van der Waals surface area contributed by atoms with Crippen LogP contribution in [0.2, 0.25) is 0 Å². The molecule has 0 spiro atoms. The molecule has 0 amide bonds. The van der Waals surface area contributed by atoms with Crippen LogP contribution >= 0.6 is 0 Å². The Labute approximate surface area is 302 Å². The topological polar surface area (TPSA) is 51.8 Å². The number of hydrogen-bond donors (Lipinski definition) is 0. The maximum atomic E-state index is 9.61. The Morgan fingerprint density at radius 1 is 0.426 bits per heavy atom. The van der Waals surface area contributed by atoms with Gasteiger partial charge in [0, 0.05) is 27.5 Å². The average Bonchev–Trinajstić information content (AvgIpc) is 3.73. The van der Waals surface area contributed by atoms with Crippen LogP contribution in [0.4, 0.5) is 0 Å². The molecule has 0 aliphatic carbocycles. The highest BCUT2D eigenvalue weighted by Crippen LogP contribution is 2.38. The summed E-state index contributed by atoms with van der Waals surface area (Å²) in [4.78, 5) is 13.5. The van der Waals surface area contributed by atoms with Crippen molar-refractivity contribution in [2.75, 3.05) is 0 Å². The fraction of sp³-hybridized carbons (Fsp3) is 0. The maximum Gasteiger partial charge on any atom is 0.164 e. The first kappa shape index (κ1) is 12.8. The predicted molar refractivity (Wildman–Crippen MR) is 192 cm³/mol. The Balaban J connectivity index is 1.38. The van der Waals surface area contributed by atoms with Crippen molar-refractivity contribution in [3.05, 3.63) is 163 Å². The normalized spacial score (nSPS) is 18.0. The maximum absolute atomic E-state index is 9.61. The first-order chi connectivity index (χ1) is 32.5. The van der Waals surface area contributed by atoms with Gasteiger partial charge in [0.25, 0.3) is 0 Å². The van der Waals surface area contributed by atoms with E-state index in [1.165, 1.54) is 0 Å². The van der Waals surface area contributed by atoms with Gasteiger partial charge in [0.1, 0.15) is 11.2 Å². The molecule has 220 valence electrons. The van der Waals surface area contributed by atoms with Crippen LogP contribution in [-0.4, -0.2) is 15.0 Å². The Bertz CT molecular complexity index is 3790. The van der Waals surface area contributed by atoms with Crippen molar-refractivity contribution in [1.29, 1.82) is 0 Å². The molecule has 0 aliphatic heterocycles. The fourth-order valence-electron chi connectivity index (χ4n) is 4.93. The molecule has 2 heterocycles. The number of nitrogens with zero attached hydrogens (tertiary/aromatic N) is 3. The highest BCUT2D eigenvalue weighted by atomic mass is 16.3. The van der Waals surface area contributed by atoms with E-state index in [1.807, 2.05) is 0 Å². The van der Waals surface area contributed by atoms with Gasteiger partial charge in [-0.2, -0.15) is 0 Å². The zero-order valence-electron chi connectivity index (χ0n) is 45.6. The van der Waals surface area contributed by atoms with Gasteiger partial charge >= 0.3 is 0 Å². The van der Waals surface area contributed by atoms with E-state index in [4.69, 9.17) is 30.5 Å². The zero-order chi connectivity index (χ0) is 50.3. The number of benzene rings is 7. The number of aromatic nitrogens is 3. The second-order valence-electron chi connectivity index (χ2n) is 9.93. The van der Waals surface area contributed by atoms with Crippen LogP contribution in [0.1, 0.15) is 30.2 Å². The lowest BCUT2D eigenvalue weighted by molar-refractivity contribution is 0.669. The van der Waals surface area contributed by atoms with Crippen LogP contribution in [0, 0.1) is 0 Å². The Morgan fingerprint density at radius 2 is 1.02 bits per heavy atom. The molecule has 0 N–H and O–H groups in total. The van der Waals surface area contributed by atoms with Gasteiger partial charge in [0.2, 0.25) is 0 Å². The minimum absolute atomic E-state index is 0.222. The third kappa shape index (κ3) is 4.93. The van der Waals surface area contributed by atoms with E-state index >= 15 is 0 Å². The van der Waals surface area contributed by atoms with Gasteiger partial charge in [-0.3, -0.25) is 0 Å². The van der Waals surface area contributed by atoms with E-state index in [0.29, 0.717) is 0 Å². The standard InChI is InChI=1S/C43H27N3O/c1-3-11-28(12-4-1)30-21-22-32-26-35(24-23-31(32)25-30)43-45-41(29-13-5-2-6-14-29)44-42(46-43)34-16-9-15-33(27-34)36-18-10-20-39-40(36)37-17-7-8-19-38(37)47-39/h1-27H/i1D,3D,4D,7D,8D,9D,10D,11D,12D,15D,16D,17D,18D,19D,20D,21D,22D,23D,24D,25D,26D,27D. The van der Waals surface area contributed by atoms with E-state index in [1.54, 1.807) is 30.3 Å². The Hall–Kier alpha value is -6.39. The highest BCUT2D eigenvalue weighted by molar-refractivity contribution is 6.12. The van der Waals surface area contributed by atoms with Crippen molar-refractivity contribution in [1.82, 2.24) is 15.0 Å². The Morgan fingerprint density at radius 3 is 1.83 bits per heavy atom. The molecule has 47 heavy (non-hydrogen) atoms. The van der Waals surface area contributed by atoms with Gasteiger partial charge < -0.3 is 4.42 Å². The number of rotatable bonds is 5. The van der Waals surface area contributed by atoms with Crippen molar-refractivity contribution in [2.24, 2.45) is 0 Å². The third-order valence-electron chi connectivity index (χ3n) is 7.06. The van der Waals surface area contributed by atoms with Crippen molar-refractivity contribution in [2.45, 2.75) is 0 Å². The summed E-state index contributed by atoms with van der Waals surface area (Å²) in [5.74, 6) is -1.39. The molecule has 0 saturated carbocycles. The SMILES string of the molecule is [2H]c1c([2H])c([2H])c(-c2c([2H])c([2H])c3c([2H])c(-c4nc(-c5ccccc5)nc(-c5c([2H])c([2H])c([2H])c(-c6c([2H])c([2H])c([2H])c7oc8c([2H])c([2H])c([2H])c([2H])c8c67)c5[2H])n4)c([2H])c([2H])c3c2[2H])c([2H])c1[2H]. The first-order valence-electron chi connectivity index (χ1n) is 24.9. The van der Waals surface area contributed by atoms with Gasteiger partial charge in [-0.15, -0.1) is 0 Å². The fourth-order valence-corrected chi connectivity index (χ4v) is 4.93. The molecule has 0 radical (unpaired) electrons. The Kier molecular flexibility index (Phi) is 3.05.